The van der Waals surface area contributed by atoms with Crippen LogP contribution in [0.1, 0.15) is 6.42 Å². The predicted octanol–water partition coefficient (Wildman–Crippen LogP) is 2.03. The lowest BCUT2D eigenvalue weighted by atomic mass is 10.1. The van der Waals surface area contributed by atoms with Crippen molar-refractivity contribution in [2.45, 2.75) is 13.0 Å². The van der Waals surface area contributed by atoms with E-state index >= 15 is 0 Å². The first-order valence-electron chi connectivity index (χ1n) is 6.48. The number of benzene rings is 1. The predicted molar refractivity (Wildman–Crippen MR) is 76.5 cm³/mol. The van der Waals surface area contributed by atoms with Crippen LogP contribution in [0.25, 0.3) is 10.8 Å². The van der Waals surface area contributed by atoms with Gasteiger partial charge >= 0.3 is 0 Å². The Balaban J connectivity index is 1.66. The van der Waals surface area contributed by atoms with Crippen molar-refractivity contribution >= 4 is 16.6 Å². The molecule has 0 bridgehead atoms. The average molecular weight is 269 g/mol. The second-order valence-corrected chi connectivity index (χ2v) is 4.51. The molecule has 0 fully saturated rings. The van der Waals surface area contributed by atoms with E-state index < -0.39 is 0 Å². The van der Waals surface area contributed by atoms with Crippen molar-refractivity contribution in [2.24, 2.45) is 0 Å². The number of aromatic nitrogens is 4. The molecule has 0 atom stereocenters. The van der Waals surface area contributed by atoms with Crippen LogP contribution in [0.4, 0.5) is 5.82 Å². The molecule has 20 heavy (non-hydrogen) atoms. The first-order chi connectivity index (χ1) is 9.83. The third-order valence-electron chi connectivity index (χ3n) is 3.08. The molecule has 2 aromatic heterocycles. The van der Waals surface area contributed by atoms with Crippen LogP contribution in [-0.4, -0.2) is 31.6 Å². The lowest BCUT2D eigenvalue weighted by molar-refractivity contribution is 0.476. The maximum absolute atomic E-state index is 9.58. The van der Waals surface area contributed by atoms with E-state index in [1.54, 1.807) is 29.2 Å². The highest BCUT2D eigenvalue weighted by atomic mass is 16.3. The van der Waals surface area contributed by atoms with Gasteiger partial charge in [-0.15, -0.1) is 5.10 Å². The fourth-order valence-corrected chi connectivity index (χ4v) is 2.10. The van der Waals surface area contributed by atoms with E-state index in [2.05, 4.69) is 20.6 Å². The molecule has 0 amide bonds. The Bertz CT molecular complexity index is 696. The Morgan fingerprint density at radius 3 is 3.00 bits per heavy atom. The first-order valence-corrected chi connectivity index (χ1v) is 6.48. The SMILES string of the molecule is Oc1ccc2ccnc(NCCCn3ccnn3)c2c1. The van der Waals surface area contributed by atoms with Gasteiger partial charge in [-0.25, -0.2) is 4.98 Å². The van der Waals surface area contributed by atoms with Crippen molar-refractivity contribution in [3.05, 3.63) is 42.9 Å². The van der Waals surface area contributed by atoms with Gasteiger partial charge in [-0.3, -0.25) is 4.68 Å². The van der Waals surface area contributed by atoms with Crippen LogP contribution in [0.2, 0.25) is 0 Å². The number of phenols is 1. The number of pyridine rings is 1. The van der Waals surface area contributed by atoms with E-state index in [-0.39, 0.29) is 5.75 Å². The van der Waals surface area contributed by atoms with Gasteiger partial charge < -0.3 is 10.4 Å². The Morgan fingerprint density at radius 2 is 2.15 bits per heavy atom. The third-order valence-corrected chi connectivity index (χ3v) is 3.08. The lowest BCUT2D eigenvalue weighted by Crippen LogP contribution is -2.08. The molecular weight excluding hydrogens is 254 g/mol. The monoisotopic (exact) mass is 269 g/mol. The zero-order chi connectivity index (χ0) is 13.8. The molecule has 3 aromatic rings. The smallest absolute Gasteiger partial charge is 0.133 e. The molecule has 1 aromatic carbocycles. The van der Waals surface area contributed by atoms with Crippen molar-refractivity contribution in [1.82, 2.24) is 20.0 Å². The number of rotatable bonds is 5. The number of aryl methyl sites for hydroxylation is 1. The quantitative estimate of drug-likeness (QED) is 0.693. The van der Waals surface area contributed by atoms with Crippen LogP contribution >= 0.6 is 0 Å². The standard InChI is InChI=1S/C14H15N5O/c20-12-3-2-11-4-6-16-14(13(11)10-12)15-5-1-8-19-9-7-17-18-19/h2-4,6-7,9-10,20H,1,5,8H2,(H,15,16). The summed E-state index contributed by atoms with van der Waals surface area (Å²) in [4.78, 5) is 4.33. The molecule has 0 unspecified atom stereocenters. The summed E-state index contributed by atoms with van der Waals surface area (Å²) in [6.07, 6.45) is 6.19. The van der Waals surface area contributed by atoms with E-state index in [0.717, 1.165) is 36.1 Å². The molecule has 0 saturated heterocycles. The van der Waals surface area contributed by atoms with Crippen molar-refractivity contribution in [3.8, 4) is 5.75 Å². The van der Waals surface area contributed by atoms with E-state index in [9.17, 15) is 5.11 Å². The molecule has 102 valence electrons. The van der Waals surface area contributed by atoms with Crippen LogP contribution in [0, 0.1) is 0 Å². The minimum atomic E-state index is 0.246. The molecule has 0 aliphatic heterocycles. The molecule has 3 rings (SSSR count). The Labute approximate surface area is 116 Å². The summed E-state index contributed by atoms with van der Waals surface area (Å²) in [6, 6.07) is 7.21. The van der Waals surface area contributed by atoms with Gasteiger partial charge in [0.05, 0.1) is 6.20 Å². The second kappa shape index (κ2) is 5.56. The highest BCUT2D eigenvalue weighted by Gasteiger charge is 2.03. The zero-order valence-corrected chi connectivity index (χ0v) is 10.9. The second-order valence-electron chi connectivity index (χ2n) is 4.51. The highest BCUT2D eigenvalue weighted by Crippen LogP contribution is 2.24. The summed E-state index contributed by atoms with van der Waals surface area (Å²) in [5.74, 6) is 1.04. The van der Waals surface area contributed by atoms with Crippen molar-refractivity contribution < 1.29 is 5.11 Å². The first kappa shape index (κ1) is 12.4. The molecule has 2 heterocycles. The van der Waals surface area contributed by atoms with Gasteiger partial charge in [-0.05, 0) is 30.0 Å². The van der Waals surface area contributed by atoms with Gasteiger partial charge in [0.2, 0.25) is 0 Å². The van der Waals surface area contributed by atoms with E-state index in [1.165, 1.54) is 0 Å². The summed E-state index contributed by atoms with van der Waals surface area (Å²) in [5, 5.41) is 22.5. The molecule has 6 heteroatoms. The van der Waals surface area contributed by atoms with E-state index in [0.29, 0.717) is 0 Å². The lowest BCUT2D eigenvalue weighted by Gasteiger charge is -2.09. The van der Waals surface area contributed by atoms with Crippen LogP contribution in [0.15, 0.2) is 42.9 Å². The van der Waals surface area contributed by atoms with Gasteiger partial charge in [-0.2, -0.15) is 0 Å². The summed E-state index contributed by atoms with van der Waals surface area (Å²) >= 11 is 0. The number of hydrogen-bond acceptors (Lipinski definition) is 5. The normalized spacial score (nSPS) is 10.8. The molecule has 0 aliphatic rings. The van der Waals surface area contributed by atoms with Gasteiger partial charge in [0, 0.05) is 30.9 Å². The van der Waals surface area contributed by atoms with Crippen molar-refractivity contribution in [1.29, 1.82) is 0 Å². The van der Waals surface area contributed by atoms with Crippen LogP contribution < -0.4 is 5.32 Å². The topological polar surface area (TPSA) is 75.9 Å². The molecular formula is C14H15N5O. The number of aromatic hydroxyl groups is 1. The number of nitrogens with zero attached hydrogens (tertiary/aromatic N) is 4. The summed E-state index contributed by atoms with van der Waals surface area (Å²) < 4.78 is 1.80. The third kappa shape index (κ3) is 2.69. The molecule has 2 N–H and O–H groups in total. The largest absolute Gasteiger partial charge is 0.508 e. The number of fused-ring (bicyclic) bond motifs is 1. The van der Waals surface area contributed by atoms with Crippen LogP contribution in [0.3, 0.4) is 0 Å². The van der Waals surface area contributed by atoms with Gasteiger partial charge in [0.15, 0.2) is 0 Å². The molecule has 6 nitrogen and oxygen atoms in total. The van der Waals surface area contributed by atoms with E-state index in [1.807, 2.05) is 18.3 Å². The van der Waals surface area contributed by atoms with E-state index in [4.69, 9.17) is 0 Å². The fraction of sp³-hybridized carbons (Fsp3) is 0.214. The summed E-state index contributed by atoms with van der Waals surface area (Å²) in [5.41, 5.74) is 0. The van der Waals surface area contributed by atoms with Crippen molar-refractivity contribution in [3.63, 3.8) is 0 Å². The molecule has 0 spiro atoms. The average Bonchev–Trinajstić information content (AvgIpc) is 2.97. The Morgan fingerprint density at radius 1 is 1.20 bits per heavy atom. The van der Waals surface area contributed by atoms with Crippen LogP contribution in [-0.2, 0) is 6.54 Å². The number of nitrogens with one attached hydrogen (secondary N) is 1. The molecule has 0 aliphatic carbocycles. The fourth-order valence-electron chi connectivity index (χ4n) is 2.10. The Hall–Kier alpha value is -2.63. The van der Waals surface area contributed by atoms with Crippen molar-refractivity contribution in [2.75, 3.05) is 11.9 Å². The zero-order valence-electron chi connectivity index (χ0n) is 10.9. The summed E-state index contributed by atoms with van der Waals surface area (Å²) in [6.45, 7) is 1.59. The number of hydrogen-bond donors (Lipinski definition) is 2. The van der Waals surface area contributed by atoms with Gasteiger partial charge in [-0.1, -0.05) is 11.3 Å². The highest BCUT2D eigenvalue weighted by molar-refractivity contribution is 5.92. The maximum Gasteiger partial charge on any atom is 0.133 e. The number of phenolic OH excluding ortho intramolecular Hbond substituents is 1. The number of anilines is 1. The Kier molecular flexibility index (Phi) is 3.45. The maximum atomic E-state index is 9.58. The molecule has 0 radical (unpaired) electrons. The minimum Gasteiger partial charge on any atom is -0.508 e. The summed E-state index contributed by atoms with van der Waals surface area (Å²) in [7, 11) is 0. The minimum absolute atomic E-state index is 0.246. The molecule has 0 saturated carbocycles. The van der Waals surface area contributed by atoms with Gasteiger partial charge in [0.1, 0.15) is 11.6 Å². The van der Waals surface area contributed by atoms with Crippen LogP contribution in [0.5, 0.6) is 5.75 Å². The van der Waals surface area contributed by atoms with Gasteiger partial charge in [0.25, 0.3) is 0 Å².